The van der Waals surface area contributed by atoms with Crippen LogP contribution >= 0.6 is 0 Å². The molecule has 3 nitrogen and oxygen atoms in total. The average molecular weight is 395 g/mol. The number of Topliss-reactive ketones (excluding diaryl/α,β-unsaturated/α-hetero) is 1. The van der Waals surface area contributed by atoms with Crippen molar-refractivity contribution < 1.29 is 14.5 Å². The summed E-state index contributed by atoms with van der Waals surface area (Å²) in [7, 11) is 0. The van der Waals surface area contributed by atoms with Gasteiger partial charge in [0.25, 0.3) is 0 Å². The van der Waals surface area contributed by atoms with Crippen molar-refractivity contribution in [1.29, 1.82) is 0 Å². The van der Waals surface area contributed by atoms with Crippen LogP contribution in [0.1, 0.15) is 65.2 Å². The Hall–Kier alpha value is -1.48. The minimum atomic E-state index is -0.135. The first-order chi connectivity index (χ1) is 13.9. The first-order valence-corrected chi connectivity index (χ1v) is 11.8. The van der Waals surface area contributed by atoms with Gasteiger partial charge in [0.1, 0.15) is 0 Å². The molecule has 3 saturated carbocycles. The number of hydrogen-bond acceptors (Lipinski definition) is 2. The lowest BCUT2D eigenvalue weighted by Gasteiger charge is -2.57. The number of rotatable bonds is 3. The highest BCUT2D eigenvalue weighted by Crippen LogP contribution is 2.66. The van der Waals surface area contributed by atoms with Crippen molar-refractivity contribution in [2.24, 2.45) is 34.5 Å². The number of fused-ring (bicyclic) bond motifs is 5. The molecular weight excluding hydrogens is 358 g/mol. The highest BCUT2D eigenvalue weighted by Gasteiger charge is 2.59. The van der Waals surface area contributed by atoms with Gasteiger partial charge in [0.2, 0.25) is 12.3 Å². The molecule has 5 rings (SSSR count). The second-order valence-corrected chi connectivity index (χ2v) is 10.8. The van der Waals surface area contributed by atoms with Crippen molar-refractivity contribution in [3.05, 3.63) is 42.2 Å². The summed E-state index contributed by atoms with van der Waals surface area (Å²) in [6.45, 7) is 5.43. The summed E-state index contributed by atoms with van der Waals surface area (Å²) in [5.41, 5.74) is 1.99. The molecule has 0 radical (unpaired) electrons. The summed E-state index contributed by atoms with van der Waals surface area (Å²) in [5.74, 6) is 2.79. The Morgan fingerprint density at radius 1 is 1.07 bits per heavy atom. The van der Waals surface area contributed by atoms with Gasteiger partial charge in [0.05, 0.1) is 6.10 Å². The number of ketones is 1. The Balaban J connectivity index is 1.38. The van der Waals surface area contributed by atoms with Gasteiger partial charge >= 0.3 is 0 Å². The highest BCUT2D eigenvalue weighted by molar-refractivity contribution is 5.81. The average Bonchev–Trinajstić information content (AvgIpc) is 3.06. The van der Waals surface area contributed by atoms with E-state index in [9.17, 15) is 9.90 Å². The Morgan fingerprint density at radius 3 is 2.66 bits per heavy atom. The van der Waals surface area contributed by atoms with Gasteiger partial charge in [0.15, 0.2) is 12.4 Å². The second-order valence-electron chi connectivity index (χ2n) is 10.8. The topological polar surface area (TPSA) is 41.2 Å². The molecule has 3 heteroatoms. The van der Waals surface area contributed by atoms with Crippen molar-refractivity contribution in [3.63, 3.8) is 0 Å². The molecule has 4 aliphatic carbocycles. The molecule has 4 aliphatic rings. The summed E-state index contributed by atoms with van der Waals surface area (Å²) < 4.78 is 2.04. The van der Waals surface area contributed by atoms with Crippen LogP contribution in [-0.4, -0.2) is 17.0 Å². The molecular formula is C26H36NO2+. The maximum Gasteiger partial charge on any atom is 0.206 e. The van der Waals surface area contributed by atoms with Crippen molar-refractivity contribution in [2.75, 3.05) is 0 Å². The van der Waals surface area contributed by atoms with Gasteiger partial charge in [-0.2, -0.15) is 4.57 Å². The van der Waals surface area contributed by atoms with Crippen LogP contribution in [0.3, 0.4) is 0 Å². The quantitative estimate of drug-likeness (QED) is 0.606. The van der Waals surface area contributed by atoms with Crippen molar-refractivity contribution in [1.82, 2.24) is 0 Å². The van der Waals surface area contributed by atoms with Gasteiger partial charge in [-0.1, -0.05) is 31.6 Å². The Bertz CT molecular complexity index is 817. The lowest BCUT2D eigenvalue weighted by atomic mass is 9.47. The Labute approximate surface area is 175 Å². The molecule has 156 valence electrons. The molecule has 29 heavy (non-hydrogen) atoms. The molecule has 0 spiro atoms. The zero-order valence-electron chi connectivity index (χ0n) is 18.0. The third-order valence-corrected chi connectivity index (χ3v) is 9.58. The fraction of sp³-hybridized carbons (Fsp3) is 0.692. The predicted octanol–water partition coefficient (Wildman–Crippen LogP) is 4.48. The normalized spacial score (nSPS) is 43.7. The van der Waals surface area contributed by atoms with Crippen LogP contribution in [0, 0.1) is 34.5 Å². The summed E-state index contributed by atoms with van der Waals surface area (Å²) in [5, 5.41) is 10.2. The maximum absolute atomic E-state index is 13.3. The molecule has 3 fully saturated rings. The number of aromatic nitrogens is 1. The van der Waals surface area contributed by atoms with Crippen LogP contribution in [0.5, 0.6) is 0 Å². The summed E-state index contributed by atoms with van der Waals surface area (Å²) >= 11 is 0. The van der Waals surface area contributed by atoms with Gasteiger partial charge in [-0.15, -0.1) is 0 Å². The van der Waals surface area contributed by atoms with Crippen LogP contribution in [0.15, 0.2) is 42.2 Å². The van der Waals surface area contributed by atoms with E-state index >= 15 is 0 Å². The fourth-order valence-electron chi connectivity index (χ4n) is 8.00. The number of hydrogen-bond donors (Lipinski definition) is 1. The molecule has 7 atom stereocenters. The Kier molecular flexibility index (Phi) is 4.73. The standard InChI is InChI=1S/C26H36NO2/c1-25-12-10-19(28)16-18(25)6-7-20-21-8-9-23(26(21,2)13-11-22(20)25)24(29)17-27-14-4-3-5-15-27/h3-6,14-15,19-23,28H,7-13,16-17H2,1-2H3/q+1/t19-,20-,21-,22-,23-,25+,26+/m1/s1. The monoisotopic (exact) mass is 394 g/mol. The van der Waals surface area contributed by atoms with E-state index in [1.54, 1.807) is 0 Å². The first kappa shape index (κ1) is 19.5. The fourth-order valence-corrected chi connectivity index (χ4v) is 8.00. The lowest BCUT2D eigenvalue weighted by molar-refractivity contribution is -0.684. The van der Waals surface area contributed by atoms with Crippen LogP contribution < -0.4 is 4.57 Å². The Morgan fingerprint density at radius 2 is 1.86 bits per heavy atom. The van der Waals surface area contributed by atoms with E-state index in [1.807, 2.05) is 35.2 Å². The molecule has 0 aromatic carbocycles. The van der Waals surface area contributed by atoms with E-state index < -0.39 is 0 Å². The molecule has 1 aromatic heterocycles. The number of aliphatic hydroxyl groups is 1. The molecule has 0 unspecified atom stereocenters. The number of carbonyl (C=O) groups excluding carboxylic acids is 1. The van der Waals surface area contributed by atoms with Crippen molar-refractivity contribution in [2.45, 2.75) is 77.9 Å². The zero-order chi connectivity index (χ0) is 20.2. The van der Waals surface area contributed by atoms with Crippen LogP contribution in [0.25, 0.3) is 0 Å². The third-order valence-electron chi connectivity index (χ3n) is 9.58. The number of nitrogens with zero attached hydrogens (tertiary/aromatic N) is 1. The van der Waals surface area contributed by atoms with E-state index in [4.69, 9.17) is 0 Å². The number of allylic oxidation sites excluding steroid dienone is 1. The predicted molar refractivity (Wildman–Crippen MR) is 113 cm³/mol. The van der Waals surface area contributed by atoms with Crippen LogP contribution in [-0.2, 0) is 11.3 Å². The van der Waals surface area contributed by atoms with E-state index in [1.165, 1.54) is 24.8 Å². The van der Waals surface area contributed by atoms with Crippen molar-refractivity contribution in [3.8, 4) is 0 Å². The van der Waals surface area contributed by atoms with Crippen LogP contribution in [0.4, 0.5) is 0 Å². The molecule has 1 heterocycles. The molecule has 0 saturated heterocycles. The largest absolute Gasteiger partial charge is 0.393 e. The minimum Gasteiger partial charge on any atom is -0.393 e. The number of pyridine rings is 1. The second kappa shape index (κ2) is 7.04. The van der Waals surface area contributed by atoms with Gasteiger partial charge in [-0.25, -0.2) is 0 Å². The minimum absolute atomic E-state index is 0.135. The summed E-state index contributed by atoms with van der Waals surface area (Å²) in [6.07, 6.45) is 15.3. The maximum atomic E-state index is 13.3. The summed E-state index contributed by atoms with van der Waals surface area (Å²) in [6, 6.07) is 6.02. The lowest BCUT2D eigenvalue weighted by Crippen LogP contribution is -2.51. The molecule has 0 amide bonds. The van der Waals surface area contributed by atoms with Gasteiger partial charge in [0, 0.05) is 18.1 Å². The van der Waals surface area contributed by atoms with Crippen LogP contribution in [0.2, 0.25) is 0 Å². The molecule has 1 N–H and O–H groups in total. The van der Waals surface area contributed by atoms with E-state index in [0.29, 0.717) is 18.2 Å². The molecule has 0 bridgehead atoms. The van der Waals surface area contributed by atoms with Crippen molar-refractivity contribution >= 4 is 5.78 Å². The van der Waals surface area contributed by atoms with Gasteiger partial charge in [-0.05, 0) is 80.0 Å². The SMILES string of the molecule is C[C@]12CC[C@@H]3[C@H](CC=C4C[C@H](O)CC[C@@]43C)[C@H]1CC[C@@H]2C(=O)C[n+]1ccccc1. The number of carbonyl (C=O) groups is 1. The van der Waals surface area contributed by atoms with Gasteiger partial charge in [-0.3, -0.25) is 4.79 Å². The smallest absolute Gasteiger partial charge is 0.206 e. The van der Waals surface area contributed by atoms with Gasteiger partial charge < -0.3 is 5.11 Å². The summed E-state index contributed by atoms with van der Waals surface area (Å²) in [4.78, 5) is 13.3. The molecule has 1 aromatic rings. The van der Waals surface area contributed by atoms with E-state index in [2.05, 4.69) is 19.9 Å². The zero-order valence-corrected chi connectivity index (χ0v) is 18.0. The number of aliphatic hydroxyl groups excluding tert-OH is 1. The molecule has 0 aliphatic heterocycles. The van der Waals surface area contributed by atoms with E-state index in [-0.39, 0.29) is 22.9 Å². The third kappa shape index (κ3) is 3.03. The highest BCUT2D eigenvalue weighted by atomic mass is 16.3. The van der Waals surface area contributed by atoms with E-state index in [0.717, 1.165) is 43.9 Å². The first-order valence-electron chi connectivity index (χ1n) is 11.8.